The van der Waals surface area contributed by atoms with Crippen molar-refractivity contribution in [3.05, 3.63) is 0 Å². The zero-order valence-corrected chi connectivity index (χ0v) is 8.54. The van der Waals surface area contributed by atoms with E-state index in [9.17, 15) is 9.50 Å². The van der Waals surface area contributed by atoms with E-state index in [1.54, 1.807) is 0 Å². The van der Waals surface area contributed by atoms with E-state index in [0.29, 0.717) is 19.0 Å². The van der Waals surface area contributed by atoms with Gasteiger partial charge in [0.1, 0.15) is 6.17 Å². The second-order valence-corrected chi connectivity index (χ2v) is 4.03. The van der Waals surface area contributed by atoms with Crippen LogP contribution in [0.4, 0.5) is 4.39 Å². The maximum absolute atomic E-state index is 13.1. The van der Waals surface area contributed by atoms with Gasteiger partial charge in [-0.1, -0.05) is 6.92 Å². The summed E-state index contributed by atoms with van der Waals surface area (Å²) in [5, 5.41) is 9.37. The molecule has 1 fully saturated rings. The first-order valence-corrected chi connectivity index (χ1v) is 5.19. The molecule has 0 bridgehead atoms. The number of hydrogen-bond donors (Lipinski definition) is 1. The van der Waals surface area contributed by atoms with Crippen LogP contribution in [-0.2, 0) is 0 Å². The monoisotopic (exact) mass is 189 g/mol. The molecule has 0 amide bonds. The van der Waals surface area contributed by atoms with Crippen molar-refractivity contribution in [1.82, 2.24) is 4.90 Å². The fourth-order valence-corrected chi connectivity index (χ4v) is 1.85. The Hall–Kier alpha value is -0.150. The SMILES string of the molecule is CCC(F)CN1CC[C@H](O)C[C@@H]1C. The van der Waals surface area contributed by atoms with Crippen molar-refractivity contribution in [3.63, 3.8) is 0 Å². The maximum atomic E-state index is 13.1. The van der Waals surface area contributed by atoms with Crippen molar-refractivity contribution >= 4 is 0 Å². The van der Waals surface area contributed by atoms with E-state index in [4.69, 9.17) is 0 Å². The molecule has 1 heterocycles. The number of aliphatic hydroxyl groups is 1. The summed E-state index contributed by atoms with van der Waals surface area (Å²) < 4.78 is 13.1. The Morgan fingerprint density at radius 1 is 1.62 bits per heavy atom. The minimum atomic E-state index is -0.710. The molecule has 0 saturated carbocycles. The van der Waals surface area contributed by atoms with Crippen molar-refractivity contribution in [2.75, 3.05) is 13.1 Å². The first-order valence-electron chi connectivity index (χ1n) is 5.19. The predicted octanol–water partition coefficient (Wildman–Crippen LogP) is 1.58. The van der Waals surface area contributed by atoms with Crippen LogP contribution in [0.15, 0.2) is 0 Å². The van der Waals surface area contributed by atoms with E-state index >= 15 is 0 Å². The molecule has 0 aliphatic carbocycles. The zero-order chi connectivity index (χ0) is 9.84. The molecule has 0 aromatic heterocycles. The highest BCUT2D eigenvalue weighted by Gasteiger charge is 2.25. The fraction of sp³-hybridized carbons (Fsp3) is 1.00. The standard InChI is InChI=1S/C10H20FNO/c1-3-9(11)7-12-5-4-10(13)6-8(12)2/h8-10,13H,3-7H2,1-2H3/t8-,9?,10-/m0/s1. The van der Waals surface area contributed by atoms with E-state index < -0.39 is 6.17 Å². The number of piperidine rings is 1. The first-order chi connectivity index (χ1) is 6.13. The Morgan fingerprint density at radius 2 is 2.31 bits per heavy atom. The molecule has 13 heavy (non-hydrogen) atoms. The number of rotatable bonds is 3. The van der Waals surface area contributed by atoms with E-state index in [2.05, 4.69) is 11.8 Å². The molecule has 1 N–H and O–H groups in total. The zero-order valence-electron chi connectivity index (χ0n) is 8.54. The van der Waals surface area contributed by atoms with Crippen LogP contribution in [0, 0.1) is 0 Å². The van der Waals surface area contributed by atoms with Gasteiger partial charge in [-0.15, -0.1) is 0 Å². The summed E-state index contributed by atoms with van der Waals surface area (Å²) in [6.45, 7) is 5.30. The molecule has 1 aliphatic rings. The van der Waals surface area contributed by atoms with Gasteiger partial charge >= 0.3 is 0 Å². The van der Waals surface area contributed by atoms with E-state index in [1.807, 2.05) is 6.92 Å². The van der Waals surface area contributed by atoms with E-state index in [1.165, 1.54) is 0 Å². The largest absolute Gasteiger partial charge is 0.393 e. The average molecular weight is 189 g/mol. The van der Waals surface area contributed by atoms with E-state index in [0.717, 1.165) is 19.4 Å². The highest BCUT2D eigenvalue weighted by molar-refractivity contribution is 4.79. The number of likely N-dealkylation sites (tertiary alicyclic amines) is 1. The Labute approximate surface area is 79.7 Å². The van der Waals surface area contributed by atoms with Crippen molar-refractivity contribution in [2.45, 2.75) is 51.4 Å². The average Bonchev–Trinajstić information content (AvgIpc) is 2.09. The van der Waals surface area contributed by atoms with Crippen LogP contribution in [0.1, 0.15) is 33.1 Å². The Kier molecular flexibility index (Phi) is 4.13. The topological polar surface area (TPSA) is 23.5 Å². The van der Waals surface area contributed by atoms with E-state index in [-0.39, 0.29) is 6.10 Å². The van der Waals surface area contributed by atoms with Crippen molar-refractivity contribution in [2.24, 2.45) is 0 Å². The first kappa shape index (κ1) is 10.9. The summed E-state index contributed by atoms with van der Waals surface area (Å²) >= 11 is 0. The van der Waals surface area contributed by atoms with Crippen molar-refractivity contribution < 1.29 is 9.50 Å². The lowest BCUT2D eigenvalue weighted by molar-refractivity contribution is 0.0350. The quantitative estimate of drug-likeness (QED) is 0.728. The van der Waals surface area contributed by atoms with Crippen LogP contribution in [0.25, 0.3) is 0 Å². The molecule has 0 spiro atoms. The van der Waals surface area contributed by atoms with Crippen LogP contribution in [-0.4, -0.2) is 41.4 Å². The van der Waals surface area contributed by atoms with Gasteiger partial charge in [0.25, 0.3) is 0 Å². The molecule has 3 atom stereocenters. The summed E-state index contributed by atoms with van der Waals surface area (Å²) in [4.78, 5) is 2.14. The maximum Gasteiger partial charge on any atom is 0.112 e. The van der Waals surface area contributed by atoms with Crippen molar-refractivity contribution in [3.8, 4) is 0 Å². The third kappa shape index (κ3) is 3.24. The van der Waals surface area contributed by atoms with Crippen LogP contribution < -0.4 is 0 Å². The number of aliphatic hydroxyl groups excluding tert-OH is 1. The molecule has 1 saturated heterocycles. The molecule has 1 unspecified atom stereocenters. The predicted molar refractivity (Wildman–Crippen MR) is 51.5 cm³/mol. The third-order valence-corrected chi connectivity index (χ3v) is 2.86. The smallest absolute Gasteiger partial charge is 0.112 e. The number of hydrogen-bond acceptors (Lipinski definition) is 2. The van der Waals surface area contributed by atoms with Gasteiger partial charge in [0, 0.05) is 19.1 Å². The molecule has 0 aromatic rings. The normalized spacial score (nSPS) is 33.2. The van der Waals surface area contributed by atoms with Crippen LogP contribution in [0.2, 0.25) is 0 Å². The third-order valence-electron chi connectivity index (χ3n) is 2.86. The molecule has 3 heteroatoms. The molecule has 2 nitrogen and oxygen atoms in total. The lowest BCUT2D eigenvalue weighted by Crippen LogP contribution is -2.45. The van der Waals surface area contributed by atoms with Gasteiger partial charge in [-0.25, -0.2) is 4.39 Å². The van der Waals surface area contributed by atoms with Gasteiger partial charge in [0.05, 0.1) is 6.10 Å². The lowest BCUT2D eigenvalue weighted by Gasteiger charge is -2.36. The fourth-order valence-electron chi connectivity index (χ4n) is 1.85. The van der Waals surface area contributed by atoms with Gasteiger partial charge in [-0.2, -0.15) is 0 Å². The Balaban J connectivity index is 2.33. The summed E-state index contributed by atoms with van der Waals surface area (Å²) in [5.41, 5.74) is 0. The van der Waals surface area contributed by atoms with Gasteiger partial charge in [-0.3, -0.25) is 4.90 Å². The van der Waals surface area contributed by atoms with Gasteiger partial charge in [0.2, 0.25) is 0 Å². The molecular formula is C10H20FNO. The minimum Gasteiger partial charge on any atom is -0.393 e. The second kappa shape index (κ2) is 4.91. The summed E-state index contributed by atoms with van der Waals surface area (Å²) in [7, 11) is 0. The molecule has 0 radical (unpaired) electrons. The Bertz CT molecular complexity index is 154. The molecule has 1 rings (SSSR count). The van der Waals surface area contributed by atoms with Gasteiger partial charge in [-0.05, 0) is 26.2 Å². The van der Waals surface area contributed by atoms with Crippen molar-refractivity contribution in [1.29, 1.82) is 0 Å². The van der Waals surface area contributed by atoms with Gasteiger partial charge < -0.3 is 5.11 Å². The summed E-state index contributed by atoms with van der Waals surface area (Å²) in [6, 6.07) is 0.327. The lowest BCUT2D eigenvalue weighted by atomic mass is 10.0. The molecular weight excluding hydrogens is 169 g/mol. The summed E-state index contributed by atoms with van der Waals surface area (Å²) in [5.74, 6) is 0. The van der Waals surface area contributed by atoms with Crippen LogP contribution in [0.3, 0.4) is 0 Å². The number of halogens is 1. The molecule has 1 aliphatic heterocycles. The Morgan fingerprint density at radius 3 is 2.85 bits per heavy atom. The van der Waals surface area contributed by atoms with Gasteiger partial charge in [0.15, 0.2) is 0 Å². The highest BCUT2D eigenvalue weighted by atomic mass is 19.1. The summed E-state index contributed by atoms with van der Waals surface area (Å²) in [6.07, 6.45) is 1.28. The minimum absolute atomic E-state index is 0.175. The number of alkyl halides is 1. The molecule has 0 aromatic carbocycles. The van der Waals surface area contributed by atoms with Crippen LogP contribution >= 0.6 is 0 Å². The highest BCUT2D eigenvalue weighted by Crippen LogP contribution is 2.18. The number of nitrogens with zero attached hydrogens (tertiary/aromatic N) is 1. The molecule has 78 valence electrons. The second-order valence-electron chi connectivity index (χ2n) is 4.03. The van der Waals surface area contributed by atoms with Crippen LogP contribution in [0.5, 0.6) is 0 Å².